The number of piperidine rings is 1. The molecule has 9 rings (SSSR count). The standard InChI is InChI=1S/C45H43ClN10O4/c1-28-50-52-44-45(22-23-45)49-40(30-15-17-31(46)18-16-30)34-25-29(14-19-36(34)55(28)44)11-8-6-4-2-3-5-7-9-24-54-27-32(51-53-54)26-47-35-13-10-12-33-39(35)43(60)56(42(33)59)37-20-21-38(57)48-41(37)58/h10,12-19,25,27,37,47H,2-7,9,20-24,26H2,1H3,(H,48,57,58). The highest BCUT2D eigenvalue weighted by molar-refractivity contribution is 6.30. The van der Waals surface area contributed by atoms with Crippen molar-refractivity contribution in [3.63, 3.8) is 0 Å². The van der Waals surface area contributed by atoms with Crippen LogP contribution in [-0.2, 0) is 28.2 Å². The third kappa shape index (κ3) is 7.61. The van der Waals surface area contributed by atoms with E-state index < -0.39 is 29.7 Å². The quantitative estimate of drug-likeness (QED) is 0.0770. The Morgan fingerprint density at radius 3 is 2.50 bits per heavy atom. The fourth-order valence-corrected chi connectivity index (χ4v) is 8.42. The zero-order valence-corrected chi connectivity index (χ0v) is 34.0. The van der Waals surface area contributed by atoms with Crippen molar-refractivity contribution in [2.24, 2.45) is 4.99 Å². The number of hydrogen-bond acceptors (Lipinski definition) is 10. The van der Waals surface area contributed by atoms with E-state index in [9.17, 15) is 19.2 Å². The molecule has 0 radical (unpaired) electrons. The van der Waals surface area contributed by atoms with Crippen LogP contribution in [0.3, 0.4) is 0 Å². The van der Waals surface area contributed by atoms with Crippen molar-refractivity contribution in [2.45, 2.75) is 102 Å². The summed E-state index contributed by atoms with van der Waals surface area (Å²) >= 11 is 6.25. The van der Waals surface area contributed by atoms with Gasteiger partial charge >= 0.3 is 0 Å². The van der Waals surface area contributed by atoms with E-state index in [2.05, 4.69) is 65.8 Å². The van der Waals surface area contributed by atoms with E-state index in [4.69, 9.17) is 16.6 Å². The fourth-order valence-electron chi connectivity index (χ4n) is 8.29. The van der Waals surface area contributed by atoms with Gasteiger partial charge in [0.2, 0.25) is 11.8 Å². The molecular formula is C45H43ClN10O4. The molecule has 1 saturated carbocycles. The van der Waals surface area contributed by atoms with E-state index in [1.54, 1.807) is 18.2 Å². The number of halogens is 1. The zero-order valence-electron chi connectivity index (χ0n) is 33.2. The van der Waals surface area contributed by atoms with E-state index in [1.807, 2.05) is 42.1 Å². The molecule has 1 saturated heterocycles. The second-order valence-corrected chi connectivity index (χ2v) is 16.2. The number of benzene rings is 3. The molecule has 4 amide bonds. The summed E-state index contributed by atoms with van der Waals surface area (Å²) in [7, 11) is 0. The number of aliphatic imine (C=N–C) groups is 1. The SMILES string of the molecule is Cc1nnc2n1-c1ccc(C#CCCCCCCCCn3cc(CNc4cccc5c4C(=O)N(C4CCC(=O)NC4=O)C5=O)nn3)cc1C(c1ccc(Cl)cc1)=NC21CC1. The topological polar surface area (TPSA) is 169 Å². The molecule has 1 unspecified atom stereocenters. The number of nitrogens with one attached hydrogen (secondary N) is 2. The Kier molecular flexibility index (Phi) is 10.6. The maximum absolute atomic E-state index is 13.4. The first-order valence-corrected chi connectivity index (χ1v) is 21.0. The Bertz CT molecular complexity index is 2630. The van der Waals surface area contributed by atoms with Crippen molar-refractivity contribution in [1.82, 2.24) is 40.0 Å². The molecule has 3 aliphatic heterocycles. The molecule has 5 heterocycles. The highest BCUT2D eigenvalue weighted by atomic mass is 35.5. The molecule has 2 fully saturated rings. The van der Waals surface area contributed by atoms with Crippen LogP contribution in [0.15, 0.2) is 71.9 Å². The molecule has 4 aliphatic rings. The van der Waals surface area contributed by atoms with Crippen molar-refractivity contribution in [1.29, 1.82) is 0 Å². The molecule has 2 N–H and O–H groups in total. The van der Waals surface area contributed by atoms with Crippen LogP contribution in [0.4, 0.5) is 5.69 Å². The van der Waals surface area contributed by atoms with E-state index >= 15 is 0 Å². The molecular weight excluding hydrogens is 780 g/mol. The first kappa shape index (κ1) is 39.0. The average Bonchev–Trinajstić information content (AvgIpc) is 3.61. The van der Waals surface area contributed by atoms with Gasteiger partial charge in [-0.05, 0) is 81.5 Å². The number of fused-ring (bicyclic) bond motifs is 5. The minimum atomic E-state index is -1.02. The van der Waals surface area contributed by atoms with E-state index in [0.29, 0.717) is 22.9 Å². The summed E-state index contributed by atoms with van der Waals surface area (Å²) in [6.45, 7) is 3.04. The van der Waals surface area contributed by atoms with E-state index in [1.165, 1.54) is 0 Å². The summed E-state index contributed by atoms with van der Waals surface area (Å²) in [6.07, 6.45) is 11.2. The molecule has 15 heteroatoms. The third-order valence-corrected chi connectivity index (χ3v) is 11.8. The summed E-state index contributed by atoms with van der Waals surface area (Å²) in [5.74, 6) is 6.41. The van der Waals surface area contributed by atoms with Crippen LogP contribution >= 0.6 is 11.6 Å². The van der Waals surface area contributed by atoms with Gasteiger partial charge in [0, 0.05) is 46.8 Å². The normalized spacial score (nSPS) is 17.3. The van der Waals surface area contributed by atoms with Gasteiger partial charge in [-0.3, -0.25) is 43.6 Å². The average molecular weight is 823 g/mol. The number of imide groups is 2. The van der Waals surface area contributed by atoms with E-state index in [-0.39, 0.29) is 29.5 Å². The van der Waals surface area contributed by atoms with Gasteiger partial charge in [0.05, 0.1) is 35.3 Å². The Morgan fingerprint density at radius 2 is 1.70 bits per heavy atom. The Balaban J connectivity index is 0.726. The molecule has 304 valence electrons. The molecule has 1 spiro atoms. The summed E-state index contributed by atoms with van der Waals surface area (Å²) < 4.78 is 3.98. The molecule has 3 aromatic carbocycles. The molecule has 1 aliphatic carbocycles. The minimum Gasteiger partial charge on any atom is -0.379 e. The summed E-state index contributed by atoms with van der Waals surface area (Å²) in [5, 5.41) is 23.7. The van der Waals surface area contributed by atoms with Crippen LogP contribution in [0.5, 0.6) is 0 Å². The van der Waals surface area contributed by atoms with Crippen LogP contribution in [-0.4, -0.2) is 70.0 Å². The Morgan fingerprint density at radius 1 is 0.900 bits per heavy atom. The van der Waals surface area contributed by atoms with Crippen LogP contribution in [0.25, 0.3) is 5.69 Å². The van der Waals surface area contributed by atoms with Crippen molar-refractivity contribution in [2.75, 3.05) is 5.32 Å². The number of carbonyl (C=O) groups excluding carboxylic acids is 4. The van der Waals surface area contributed by atoms with Crippen LogP contribution < -0.4 is 10.6 Å². The third-order valence-electron chi connectivity index (χ3n) is 11.6. The first-order chi connectivity index (χ1) is 29.2. The van der Waals surface area contributed by atoms with Crippen molar-refractivity contribution >= 4 is 46.6 Å². The molecule has 0 bridgehead atoms. The maximum Gasteiger partial charge on any atom is 0.264 e. The minimum absolute atomic E-state index is 0.0673. The monoisotopic (exact) mass is 822 g/mol. The molecule has 60 heavy (non-hydrogen) atoms. The lowest BCUT2D eigenvalue weighted by atomic mass is 9.98. The highest BCUT2D eigenvalue weighted by Gasteiger charge is 2.51. The molecule has 14 nitrogen and oxygen atoms in total. The zero-order chi connectivity index (χ0) is 41.4. The van der Waals surface area contributed by atoms with Crippen LogP contribution in [0.2, 0.25) is 5.02 Å². The fraction of sp³-hybridized carbons (Fsp3) is 0.356. The first-order valence-electron chi connectivity index (χ1n) is 20.6. The predicted molar refractivity (Wildman–Crippen MR) is 224 cm³/mol. The smallest absolute Gasteiger partial charge is 0.264 e. The number of rotatable bonds is 13. The predicted octanol–water partition coefficient (Wildman–Crippen LogP) is 6.46. The maximum atomic E-state index is 13.4. The lowest BCUT2D eigenvalue weighted by Crippen LogP contribution is -2.54. The van der Waals surface area contributed by atoms with E-state index in [0.717, 1.165) is 109 Å². The Hall–Kier alpha value is -6.46. The number of amides is 4. The second-order valence-electron chi connectivity index (χ2n) is 15.8. The summed E-state index contributed by atoms with van der Waals surface area (Å²) in [4.78, 5) is 56.9. The van der Waals surface area contributed by atoms with Crippen molar-refractivity contribution in [3.05, 3.63) is 117 Å². The van der Waals surface area contributed by atoms with Gasteiger partial charge in [-0.2, -0.15) is 0 Å². The molecule has 2 aromatic heterocycles. The Labute approximate surface area is 351 Å². The van der Waals surface area contributed by atoms with Gasteiger partial charge in [-0.1, -0.05) is 72.5 Å². The number of aromatic nitrogens is 6. The number of nitrogens with zero attached hydrogens (tertiary/aromatic N) is 8. The van der Waals surface area contributed by atoms with Crippen LogP contribution in [0, 0.1) is 18.8 Å². The van der Waals surface area contributed by atoms with Gasteiger partial charge in [0.25, 0.3) is 11.8 Å². The second kappa shape index (κ2) is 16.3. The number of anilines is 1. The van der Waals surface area contributed by atoms with Gasteiger partial charge in [-0.25, -0.2) is 0 Å². The van der Waals surface area contributed by atoms with Gasteiger partial charge < -0.3 is 5.32 Å². The molecule has 5 aromatic rings. The van der Waals surface area contributed by atoms with Crippen LogP contribution in [0.1, 0.15) is 125 Å². The summed E-state index contributed by atoms with van der Waals surface area (Å²) in [5.41, 5.74) is 6.19. The number of hydrogen-bond donors (Lipinski definition) is 2. The number of aryl methyl sites for hydroxylation is 2. The van der Waals surface area contributed by atoms with Gasteiger partial charge in [0.15, 0.2) is 5.82 Å². The lowest BCUT2D eigenvalue weighted by molar-refractivity contribution is -0.136. The molecule has 1 atom stereocenters. The van der Waals surface area contributed by atoms with Crippen molar-refractivity contribution in [3.8, 4) is 17.5 Å². The lowest BCUT2D eigenvalue weighted by Gasteiger charge is -2.27. The van der Waals surface area contributed by atoms with Gasteiger partial charge in [-0.15, -0.1) is 15.3 Å². The summed E-state index contributed by atoms with van der Waals surface area (Å²) in [6, 6.07) is 18.2. The largest absolute Gasteiger partial charge is 0.379 e. The number of carbonyl (C=O) groups is 4. The highest BCUT2D eigenvalue weighted by Crippen LogP contribution is 2.51. The van der Waals surface area contributed by atoms with Gasteiger partial charge in [0.1, 0.15) is 23.1 Å². The number of unbranched alkanes of at least 4 members (excludes halogenated alkanes) is 6. The van der Waals surface area contributed by atoms with Crippen molar-refractivity contribution < 1.29 is 19.2 Å².